The Morgan fingerprint density at radius 2 is 2.11 bits per heavy atom. The van der Waals surface area contributed by atoms with E-state index in [4.69, 9.17) is 17.3 Å². The summed E-state index contributed by atoms with van der Waals surface area (Å²) in [4.78, 5) is 23.6. The van der Waals surface area contributed by atoms with Crippen LogP contribution in [0.2, 0.25) is 5.02 Å². The van der Waals surface area contributed by atoms with Gasteiger partial charge < -0.3 is 11.1 Å². The first-order valence-electron chi connectivity index (χ1n) is 5.77. The maximum absolute atomic E-state index is 12.1. The molecule has 104 valence electrons. The van der Waals surface area contributed by atoms with Crippen molar-refractivity contribution in [1.82, 2.24) is 5.32 Å². The van der Waals surface area contributed by atoms with Gasteiger partial charge in [0.15, 0.2) is 0 Å². The number of benzene rings is 1. The number of nitrogens with two attached hydrogens (primary N) is 1. The number of carbonyl (C=O) groups is 2. The highest BCUT2D eigenvalue weighted by atomic mass is 35.5. The molecule has 2 amide bonds. The quantitative estimate of drug-likeness (QED) is 0.876. The summed E-state index contributed by atoms with van der Waals surface area (Å²) in [5, 5.41) is 3.47. The van der Waals surface area contributed by atoms with Gasteiger partial charge in [-0.3, -0.25) is 9.59 Å². The van der Waals surface area contributed by atoms with Crippen molar-refractivity contribution in [3.63, 3.8) is 0 Å². The molecule has 0 radical (unpaired) electrons. The van der Waals surface area contributed by atoms with Gasteiger partial charge in [-0.15, -0.1) is 0 Å². The van der Waals surface area contributed by atoms with Crippen molar-refractivity contribution in [1.29, 1.82) is 0 Å². The van der Waals surface area contributed by atoms with E-state index in [1.165, 1.54) is 6.07 Å². The number of aryl methyl sites for hydroxylation is 1. The SMILES string of the molecule is CSC(C)CNC(=O)c1cc(Cl)cc(C)c1C(N)=O. The van der Waals surface area contributed by atoms with Crippen molar-refractivity contribution >= 4 is 35.2 Å². The molecule has 1 rings (SSSR count). The Kier molecular flexibility index (Phi) is 5.69. The molecule has 3 N–H and O–H groups in total. The van der Waals surface area contributed by atoms with Crippen LogP contribution < -0.4 is 11.1 Å². The van der Waals surface area contributed by atoms with E-state index in [1.807, 2.05) is 13.2 Å². The molecule has 0 spiro atoms. The summed E-state index contributed by atoms with van der Waals surface area (Å²) in [5.74, 6) is -0.961. The molecule has 6 heteroatoms. The van der Waals surface area contributed by atoms with E-state index < -0.39 is 5.91 Å². The lowest BCUT2D eigenvalue weighted by molar-refractivity contribution is 0.0936. The first-order chi connectivity index (χ1) is 8.86. The van der Waals surface area contributed by atoms with Gasteiger partial charge in [-0.25, -0.2) is 0 Å². The molecule has 0 bridgehead atoms. The van der Waals surface area contributed by atoms with Gasteiger partial charge in [-0.1, -0.05) is 18.5 Å². The molecule has 1 aromatic rings. The molecule has 1 atom stereocenters. The van der Waals surface area contributed by atoms with Gasteiger partial charge in [-0.05, 0) is 30.9 Å². The minimum absolute atomic E-state index is 0.221. The number of hydrogen-bond acceptors (Lipinski definition) is 3. The van der Waals surface area contributed by atoms with Gasteiger partial charge in [0.05, 0.1) is 11.1 Å². The molecule has 0 saturated heterocycles. The van der Waals surface area contributed by atoms with E-state index in [2.05, 4.69) is 5.32 Å². The Bertz CT molecular complexity index is 506. The molecule has 0 fully saturated rings. The zero-order valence-electron chi connectivity index (χ0n) is 11.1. The lowest BCUT2D eigenvalue weighted by Gasteiger charge is -2.13. The van der Waals surface area contributed by atoms with Crippen LogP contribution in [0.15, 0.2) is 12.1 Å². The number of rotatable bonds is 5. The molecular formula is C13H17ClN2O2S. The second kappa shape index (κ2) is 6.82. The Balaban J connectivity index is 3.05. The number of hydrogen-bond donors (Lipinski definition) is 2. The van der Waals surface area contributed by atoms with Crippen LogP contribution in [0.1, 0.15) is 33.2 Å². The number of carbonyl (C=O) groups excluding carboxylic acids is 2. The normalized spacial score (nSPS) is 12.0. The van der Waals surface area contributed by atoms with Gasteiger partial charge in [0.25, 0.3) is 5.91 Å². The van der Waals surface area contributed by atoms with Crippen LogP contribution >= 0.6 is 23.4 Å². The van der Waals surface area contributed by atoms with Crippen LogP contribution in [0.25, 0.3) is 0 Å². The molecule has 1 unspecified atom stereocenters. The van der Waals surface area contributed by atoms with Gasteiger partial charge in [0.1, 0.15) is 0 Å². The number of primary amides is 1. The van der Waals surface area contributed by atoms with Gasteiger partial charge in [-0.2, -0.15) is 11.8 Å². The molecule has 0 aliphatic carbocycles. The zero-order valence-corrected chi connectivity index (χ0v) is 12.7. The molecule has 0 saturated carbocycles. The summed E-state index contributed by atoms with van der Waals surface area (Å²) >= 11 is 7.57. The lowest BCUT2D eigenvalue weighted by atomic mass is 10.0. The third-order valence-corrected chi connectivity index (χ3v) is 3.93. The molecular weight excluding hydrogens is 284 g/mol. The fraction of sp³-hybridized carbons (Fsp3) is 0.385. The molecule has 0 aliphatic rings. The summed E-state index contributed by atoms with van der Waals surface area (Å²) in [6.07, 6.45) is 1.97. The van der Waals surface area contributed by atoms with E-state index in [9.17, 15) is 9.59 Å². The summed E-state index contributed by atoms with van der Waals surface area (Å²) < 4.78 is 0. The summed E-state index contributed by atoms with van der Waals surface area (Å²) in [7, 11) is 0. The van der Waals surface area contributed by atoms with Crippen LogP contribution in [0.4, 0.5) is 0 Å². The Labute approximate surface area is 122 Å². The van der Waals surface area contributed by atoms with Crippen molar-refractivity contribution in [2.75, 3.05) is 12.8 Å². The van der Waals surface area contributed by atoms with Gasteiger partial charge in [0, 0.05) is 16.8 Å². The third-order valence-electron chi connectivity index (χ3n) is 2.74. The number of nitrogens with one attached hydrogen (secondary N) is 1. The monoisotopic (exact) mass is 300 g/mol. The van der Waals surface area contributed by atoms with Crippen molar-refractivity contribution < 1.29 is 9.59 Å². The molecule has 4 nitrogen and oxygen atoms in total. The Morgan fingerprint density at radius 3 is 2.63 bits per heavy atom. The number of thioether (sulfide) groups is 1. The standard InChI is InChI=1S/C13H17ClN2O2S/c1-7-4-9(14)5-10(11(7)12(15)17)13(18)16-6-8(2)19-3/h4-5,8H,6H2,1-3H3,(H2,15,17)(H,16,18). The highest BCUT2D eigenvalue weighted by molar-refractivity contribution is 7.99. The summed E-state index contributed by atoms with van der Waals surface area (Å²) in [6.45, 7) is 4.22. The highest BCUT2D eigenvalue weighted by Gasteiger charge is 2.18. The number of halogens is 1. The van der Waals surface area contributed by atoms with Crippen LogP contribution in [-0.4, -0.2) is 29.9 Å². The minimum Gasteiger partial charge on any atom is -0.366 e. The first kappa shape index (κ1) is 15.9. The van der Waals surface area contributed by atoms with Crippen molar-refractivity contribution in [3.8, 4) is 0 Å². The predicted octanol–water partition coefficient (Wildman–Crippen LogP) is 2.23. The second-order valence-corrected chi connectivity index (χ2v) is 5.98. The summed E-state index contributed by atoms with van der Waals surface area (Å²) in [6, 6.07) is 3.08. The second-order valence-electron chi connectivity index (χ2n) is 4.27. The average molecular weight is 301 g/mol. The average Bonchev–Trinajstić information content (AvgIpc) is 2.33. The summed E-state index contributed by atoms with van der Waals surface area (Å²) in [5.41, 5.74) is 6.37. The molecule has 0 heterocycles. The van der Waals surface area contributed by atoms with Crippen LogP contribution in [0.5, 0.6) is 0 Å². The number of amides is 2. The maximum atomic E-state index is 12.1. The highest BCUT2D eigenvalue weighted by Crippen LogP contribution is 2.20. The Hall–Kier alpha value is -1.20. The van der Waals surface area contributed by atoms with Crippen LogP contribution in [0, 0.1) is 6.92 Å². The van der Waals surface area contributed by atoms with Crippen molar-refractivity contribution in [2.45, 2.75) is 19.1 Å². The van der Waals surface area contributed by atoms with Gasteiger partial charge in [0.2, 0.25) is 5.91 Å². The lowest BCUT2D eigenvalue weighted by Crippen LogP contribution is -2.31. The zero-order chi connectivity index (χ0) is 14.6. The fourth-order valence-electron chi connectivity index (χ4n) is 1.66. The van der Waals surface area contributed by atoms with Gasteiger partial charge >= 0.3 is 0 Å². The van der Waals surface area contributed by atoms with E-state index in [0.29, 0.717) is 22.4 Å². The van der Waals surface area contributed by atoms with E-state index >= 15 is 0 Å². The van der Waals surface area contributed by atoms with Crippen LogP contribution in [-0.2, 0) is 0 Å². The molecule has 0 aromatic heterocycles. The third kappa shape index (κ3) is 4.14. The largest absolute Gasteiger partial charge is 0.366 e. The first-order valence-corrected chi connectivity index (χ1v) is 7.44. The Morgan fingerprint density at radius 1 is 1.47 bits per heavy atom. The van der Waals surface area contributed by atoms with Crippen molar-refractivity contribution in [3.05, 3.63) is 33.8 Å². The van der Waals surface area contributed by atoms with E-state index in [1.54, 1.807) is 24.8 Å². The van der Waals surface area contributed by atoms with E-state index in [-0.39, 0.29) is 17.0 Å². The smallest absolute Gasteiger partial charge is 0.252 e. The van der Waals surface area contributed by atoms with Crippen molar-refractivity contribution in [2.24, 2.45) is 5.73 Å². The molecule has 19 heavy (non-hydrogen) atoms. The molecule has 0 aliphatic heterocycles. The van der Waals surface area contributed by atoms with Crippen LogP contribution in [0.3, 0.4) is 0 Å². The topological polar surface area (TPSA) is 72.2 Å². The predicted molar refractivity (Wildman–Crippen MR) is 80.0 cm³/mol. The minimum atomic E-state index is -0.628. The van der Waals surface area contributed by atoms with E-state index in [0.717, 1.165) is 0 Å². The molecule has 1 aromatic carbocycles. The maximum Gasteiger partial charge on any atom is 0.252 e. The fourth-order valence-corrected chi connectivity index (χ4v) is 2.19.